The maximum absolute atomic E-state index is 12.8. The maximum atomic E-state index is 12.8. The number of H-pyrrole nitrogens is 1. The summed E-state index contributed by atoms with van der Waals surface area (Å²) in [6, 6.07) is 18.6. The van der Waals surface area contributed by atoms with Crippen molar-refractivity contribution in [3.05, 3.63) is 88.6 Å². The van der Waals surface area contributed by atoms with Gasteiger partial charge in [-0.2, -0.15) is 0 Å². The highest BCUT2D eigenvalue weighted by Crippen LogP contribution is 2.21. The summed E-state index contributed by atoms with van der Waals surface area (Å²) in [5.41, 5.74) is 1.98. The van der Waals surface area contributed by atoms with E-state index >= 15 is 0 Å². The second-order valence-corrected chi connectivity index (χ2v) is 7.56. The number of aromatic amines is 1. The Labute approximate surface area is 190 Å². The van der Waals surface area contributed by atoms with Crippen LogP contribution in [0.5, 0.6) is 11.5 Å². The summed E-state index contributed by atoms with van der Waals surface area (Å²) in [5, 5.41) is 4.58. The van der Waals surface area contributed by atoms with E-state index in [1.54, 1.807) is 20.5 Å². The molecule has 4 rings (SSSR count). The summed E-state index contributed by atoms with van der Waals surface area (Å²) in [7, 11) is 3.23. The molecule has 0 bridgehead atoms. The molecule has 0 aliphatic rings. The van der Waals surface area contributed by atoms with Crippen LogP contribution < -0.4 is 20.3 Å². The third kappa shape index (κ3) is 4.92. The summed E-state index contributed by atoms with van der Waals surface area (Å²) in [5.74, 6) is 2.22. The third-order valence-electron chi connectivity index (χ3n) is 5.04. The molecule has 8 heteroatoms. The van der Waals surface area contributed by atoms with Crippen molar-refractivity contribution in [2.75, 3.05) is 19.5 Å². The van der Waals surface area contributed by atoms with Crippen molar-refractivity contribution in [3.63, 3.8) is 0 Å². The Balaban J connectivity index is 1.61. The summed E-state index contributed by atoms with van der Waals surface area (Å²) >= 11 is 5.68. The zero-order chi connectivity index (χ0) is 22.5. The van der Waals surface area contributed by atoms with Crippen LogP contribution in [0.1, 0.15) is 11.3 Å². The fraction of sp³-hybridized carbons (Fsp3) is 0.167. The molecular formula is C24H23N3O4S. The Morgan fingerprint density at radius 3 is 2.47 bits per heavy atom. The number of pyridine rings is 1. The molecule has 2 aromatic heterocycles. The molecule has 0 atom stereocenters. The van der Waals surface area contributed by atoms with E-state index in [1.807, 2.05) is 65.6 Å². The van der Waals surface area contributed by atoms with Crippen molar-refractivity contribution in [1.82, 2.24) is 9.88 Å². The van der Waals surface area contributed by atoms with Crippen LogP contribution in [0.2, 0.25) is 0 Å². The van der Waals surface area contributed by atoms with Gasteiger partial charge in [-0.25, -0.2) is 0 Å². The number of anilines is 1. The molecule has 2 heterocycles. The third-order valence-corrected chi connectivity index (χ3v) is 5.41. The minimum absolute atomic E-state index is 0.167. The lowest BCUT2D eigenvalue weighted by atomic mass is 10.1. The number of aromatic nitrogens is 1. The number of ether oxygens (including phenoxy) is 2. The summed E-state index contributed by atoms with van der Waals surface area (Å²) < 4.78 is 16.0. The van der Waals surface area contributed by atoms with Crippen LogP contribution in [0, 0.1) is 0 Å². The van der Waals surface area contributed by atoms with Crippen LogP contribution in [-0.2, 0) is 13.1 Å². The van der Waals surface area contributed by atoms with Gasteiger partial charge in [-0.05, 0) is 72.9 Å². The van der Waals surface area contributed by atoms with Gasteiger partial charge in [0.2, 0.25) is 0 Å². The summed E-state index contributed by atoms with van der Waals surface area (Å²) in [4.78, 5) is 17.6. The molecule has 0 radical (unpaired) electrons. The Morgan fingerprint density at radius 2 is 1.78 bits per heavy atom. The van der Waals surface area contributed by atoms with Gasteiger partial charge in [-0.1, -0.05) is 0 Å². The molecule has 0 saturated carbocycles. The standard InChI is InChI=1S/C24H23N3O4S/c1-29-19-7-5-18(6-8-19)25-24(32)27(15-21-4-3-11-31-21)14-17-12-16-13-20(30-2)9-10-22(16)26-23(17)28/h3-13H,14-15H2,1-2H3,(H,25,32)(H,26,28). The van der Waals surface area contributed by atoms with Crippen LogP contribution in [0.25, 0.3) is 10.9 Å². The Morgan fingerprint density at radius 1 is 1.03 bits per heavy atom. The highest BCUT2D eigenvalue weighted by atomic mass is 32.1. The number of hydrogen-bond donors (Lipinski definition) is 2. The van der Waals surface area contributed by atoms with Crippen molar-refractivity contribution in [2.45, 2.75) is 13.1 Å². The number of nitrogens with one attached hydrogen (secondary N) is 2. The fourth-order valence-electron chi connectivity index (χ4n) is 3.35. The minimum atomic E-state index is -0.167. The molecule has 0 fully saturated rings. The van der Waals surface area contributed by atoms with Gasteiger partial charge in [0.1, 0.15) is 17.3 Å². The highest BCUT2D eigenvalue weighted by molar-refractivity contribution is 7.80. The number of furan rings is 1. The predicted molar refractivity (Wildman–Crippen MR) is 128 cm³/mol. The maximum Gasteiger partial charge on any atom is 0.253 e. The molecule has 0 amide bonds. The number of benzene rings is 2. The summed E-state index contributed by atoms with van der Waals surface area (Å²) in [6.45, 7) is 0.704. The molecule has 0 aliphatic heterocycles. The molecule has 2 N–H and O–H groups in total. The first-order valence-electron chi connectivity index (χ1n) is 9.98. The zero-order valence-corrected chi connectivity index (χ0v) is 18.6. The van der Waals surface area contributed by atoms with Crippen molar-refractivity contribution in [1.29, 1.82) is 0 Å². The lowest BCUT2D eigenvalue weighted by molar-refractivity contribution is 0.359. The monoisotopic (exact) mass is 449 g/mol. The van der Waals surface area contributed by atoms with Crippen LogP contribution in [0.4, 0.5) is 5.69 Å². The lowest BCUT2D eigenvalue weighted by Gasteiger charge is -2.25. The second-order valence-electron chi connectivity index (χ2n) is 7.17. The van der Waals surface area contributed by atoms with Gasteiger partial charge in [0.15, 0.2) is 5.11 Å². The number of methoxy groups -OCH3 is 2. The van der Waals surface area contributed by atoms with E-state index in [9.17, 15) is 4.79 Å². The van der Waals surface area contributed by atoms with Gasteiger partial charge < -0.3 is 29.1 Å². The van der Waals surface area contributed by atoms with Gasteiger partial charge in [-0.3, -0.25) is 4.79 Å². The van der Waals surface area contributed by atoms with E-state index in [0.29, 0.717) is 23.8 Å². The first-order chi connectivity index (χ1) is 15.6. The van der Waals surface area contributed by atoms with Gasteiger partial charge in [-0.15, -0.1) is 0 Å². The summed E-state index contributed by atoms with van der Waals surface area (Å²) in [6.07, 6.45) is 1.61. The molecule has 0 spiro atoms. The van der Waals surface area contributed by atoms with Gasteiger partial charge in [0.25, 0.3) is 5.56 Å². The predicted octanol–water partition coefficient (Wildman–Crippen LogP) is 4.54. The molecule has 7 nitrogen and oxygen atoms in total. The Hall–Kier alpha value is -3.78. The molecule has 0 unspecified atom stereocenters. The molecule has 32 heavy (non-hydrogen) atoms. The highest BCUT2D eigenvalue weighted by Gasteiger charge is 2.16. The Bertz CT molecular complexity index is 1270. The topological polar surface area (TPSA) is 79.7 Å². The van der Waals surface area contributed by atoms with Crippen LogP contribution in [0.3, 0.4) is 0 Å². The number of fused-ring (bicyclic) bond motifs is 1. The first kappa shape index (κ1) is 21.5. The van der Waals surface area contributed by atoms with E-state index in [-0.39, 0.29) is 5.56 Å². The average molecular weight is 450 g/mol. The first-order valence-corrected chi connectivity index (χ1v) is 10.4. The van der Waals surface area contributed by atoms with Crippen LogP contribution >= 0.6 is 12.2 Å². The molecule has 164 valence electrons. The normalized spacial score (nSPS) is 10.7. The quantitative estimate of drug-likeness (QED) is 0.401. The van der Waals surface area contributed by atoms with Crippen molar-refractivity contribution in [3.8, 4) is 11.5 Å². The molecule has 0 saturated heterocycles. The second kappa shape index (κ2) is 9.57. The molecule has 2 aromatic carbocycles. The van der Waals surface area contributed by atoms with Gasteiger partial charge >= 0.3 is 0 Å². The van der Waals surface area contributed by atoms with E-state index in [4.69, 9.17) is 26.1 Å². The number of thiocarbonyl (C=S) groups is 1. The average Bonchev–Trinajstić information content (AvgIpc) is 3.32. The van der Waals surface area contributed by atoms with Crippen molar-refractivity contribution < 1.29 is 13.9 Å². The Kier molecular flexibility index (Phi) is 6.42. The van der Waals surface area contributed by atoms with Crippen molar-refractivity contribution >= 4 is 33.9 Å². The molecular weight excluding hydrogens is 426 g/mol. The number of rotatable bonds is 7. The molecule has 4 aromatic rings. The number of nitrogens with zero attached hydrogens (tertiary/aromatic N) is 1. The molecule has 0 aliphatic carbocycles. The van der Waals surface area contributed by atoms with Gasteiger partial charge in [0.05, 0.1) is 33.6 Å². The minimum Gasteiger partial charge on any atom is -0.497 e. The smallest absolute Gasteiger partial charge is 0.253 e. The largest absolute Gasteiger partial charge is 0.497 e. The van der Waals surface area contributed by atoms with Crippen molar-refractivity contribution in [2.24, 2.45) is 0 Å². The van der Waals surface area contributed by atoms with E-state index in [1.165, 1.54) is 0 Å². The van der Waals surface area contributed by atoms with E-state index < -0.39 is 0 Å². The van der Waals surface area contributed by atoms with E-state index in [0.717, 1.165) is 33.8 Å². The van der Waals surface area contributed by atoms with E-state index in [2.05, 4.69) is 10.3 Å². The SMILES string of the molecule is COc1ccc(NC(=S)N(Cc2ccco2)Cc2cc3cc(OC)ccc3[nH]c2=O)cc1. The lowest BCUT2D eigenvalue weighted by Crippen LogP contribution is -2.35. The zero-order valence-electron chi connectivity index (χ0n) is 17.8. The van der Waals surface area contributed by atoms with Crippen LogP contribution in [0.15, 0.2) is 76.1 Å². The van der Waals surface area contributed by atoms with Crippen LogP contribution in [-0.4, -0.2) is 29.2 Å². The fourth-order valence-corrected chi connectivity index (χ4v) is 3.59. The van der Waals surface area contributed by atoms with Gasteiger partial charge in [0, 0.05) is 22.2 Å². The number of hydrogen-bond acceptors (Lipinski definition) is 5.